The summed E-state index contributed by atoms with van der Waals surface area (Å²) in [5.74, 6) is 0.667. The van der Waals surface area contributed by atoms with Crippen LogP contribution in [0, 0.1) is 11.7 Å². The minimum atomic E-state index is -0.425. The minimum Gasteiger partial charge on any atom is -0.297 e. The van der Waals surface area contributed by atoms with E-state index in [0.29, 0.717) is 41.8 Å². The van der Waals surface area contributed by atoms with Gasteiger partial charge in [0.2, 0.25) is 5.95 Å². The van der Waals surface area contributed by atoms with E-state index >= 15 is 0 Å². The summed E-state index contributed by atoms with van der Waals surface area (Å²) >= 11 is 0. The van der Waals surface area contributed by atoms with Crippen molar-refractivity contribution < 1.29 is 4.39 Å². The minimum absolute atomic E-state index is 0.309. The summed E-state index contributed by atoms with van der Waals surface area (Å²) in [5, 5.41) is 6.51. The van der Waals surface area contributed by atoms with Gasteiger partial charge in [-0.15, -0.1) is 0 Å². The van der Waals surface area contributed by atoms with Crippen molar-refractivity contribution in [1.29, 1.82) is 0 Å². The van der Waals surface area contributed by atoms with Crippen LogP contribution in [0.4, 0.5) is 10.3 Å². The quantitative estimate of drug-likeness (QED) is 0.672. The van der Waals surface area contributed by atoms with Gasteiger partial charge in [-0.05, 0) is 30.0 Å². The molecule has 0 saturated heterocycles. The summed E-state index contributed by atoms with van der Waals surface area (Å²) in [4.78, 5) is 29.8. The molecule has 3 heterocycles. The second-order valence-electron chi connectivity index (χ2n) is 7.74. The Bertz CT molecular complexity index is 1230. The molecule has 8 nitrogen and oxygen atoms in total. The number of imidazole rings is 1. The SMILES string of the molecule is CC(C)CCN1N=C(c2ccc(F)cc2)Cn2c1nc1c2c(=O)n(C)c(=O)n1C. The fourth-order valence-corrected chi connectivity index (χ4v) is 3.48. The molecule has 0 N–H and O–H groups in total. The number of fused-ring (bicyclic) bond motifs is 3. The second-order valence-corrected chi connectivity index (χ2v) is 7.74. The maximum Gasteiger partial charge on any atom is 0.332 e. The first-order chi connectivity index (χ1) is 13.8. The van der Waals surface area contributed by atoms with Gasteiger partial charge in [-0.3, -0.25) is 18.5 Å². The highest BCUT2D eigenvalue weighted by Crippen LogP contribution is 2.26. The molecule has 1 aromatic carbocycles. The van der Waals surface area contributed by atoms with Crippen molar-refractivity contribution in [2.45, 2.75) is 26.8 Å². The molecule has 0 amide bonds. The van der Waals surface area contributed by atoms with Crippen molar-refractivity contribution in [1.82, 2.24) is 18.7 Å². The van der Waals surface area contributed by atoms with Crippen LogP contribution in [0.3, 0.4) is 0 Å². The van der Waals surface area contributed by atoms with Gasteiger partial charge in [0.15, 0.2) is 11.2 Å². The molecule has 152 valence electrons. The molecule has 9 heteroatoms. The summed E-state index contributed by atoms with van der Waals surface area (Å²) in [6.45, 7) is 5.16. The fourth-order valence-electron chi connectivity index (χ4n) is 3.48. The molecule has 0 spiro atoms. The van der Waals surface area contributed by atoms with E-state index < -0.39 is 11.2 Å². The van der Waals surface area contributed by atoms with Crippen LogP contribution in [0.25, 0.3) is 11.2 Å². The van der Waals surface area contributed by atoms with Crippen molar-refractivity contribution in [3.05, 3.63) is 56.5 Å². The third-order valence-electron chi connectivity index (χ3n) is 5.20. The zero-order valence-electron chi connectivity index (χ0n) is 16.9. The molecule has 3 aromatic rings. The van der Waals surface area contributed by atoms with Crippen LogP contribution >= 0.6 is 0 Å². The van der Waals surface area contributed by atoms with Crippen LogP contribution in [0.5, 0.6) is 0 Å². The fraction of sp³-hybridized carbons (Fsp3) is 0.400. The molecular weight excluding hydrogens is 375 g/mol. The van der Waals surface area contributed by atoms with Crippen LogP contribution in [0.2, 0.25) is 0 Å². The molecule has 0 radical (unpaired) electrons. The largest absolute Gasteiger partial charge is 0.332 e. The van der Waals surface area contributed by atoms with Gasteiger partial charge in [-0.25, -0.2) is 14.2 Å². The number of rotatable bonds is 4. The highest BCUT2D eigenvalue weighted by molar-refractivity contribution is 6.02. The lowest BCUT2D eigenvalue weighted by Crippen LogP contribution is -2.38. The Balaban J connectivity index is 1.92. The van der Waals surface area contributed by atoms with Gasteiger partial charge in [-0.2, -0.15) is 10.1 Å². The molecule has 2 aromatic heterocycles. The smallest absolute Gasteiger partial charge is 0.297 e. The Morgan fingerprint density at radius 1 is 1.10 bits per heavy atom. The normalized spacial score (nSPS) is 13.9. The van der Waals surface area contributed by atoms with Gasteiger partial charge in [0.1, 0.15) is 5.82 Å². The van der Waals surface area contributed by atoms with Gasteiger partial charge in [0, 0.05) is 20.6 Å². The second kappa shape index (κ2) is 6.98. The lowest BCUT2D eigenvalue weighted by atomic mass is 10.1. The number of aromatic nitrogens is 4. The Labute approximate surface area is 166 Å². The van der Waals surface area contributed by atoms with Crippen LogP contribution < -0.4 is 16.3 Å². The molecule has 0 atom stereocenters. The Morgan fingerprint density at radius 2 is 1.79 bits per heavy atom. The van der Waals surface area contributed by atoms with Crippen molar-refractivity contribution in [2.75, 3.05) is 11.6 Å². The highest BCUT2D eigenvalue weighted by atomic mass is 19.1. The van der Waals surface area contributed by atoms with Crippen LogP contribution in [-0.4, -0.2) is 30.9 Å². The first-order valence-corrected chi connectivity index (χ1v) is 9.55. The number of nitrogens with zero attached hydrogens (tertiary/aromatic N) is 6. The first kappa shape index (κ1) is 19.1. The van der Waals surface area contributed by atoms with Crippen molar-refractivity contribution in [3.8, 4) is 0 Å². The Morgan fingerprint density at radius 3 is 2.45 bits per heavy atom. The highest BCUT2D eigenvalue weighted by Gasteiger charge is 2.27. The number of hydrogen-bond donors (Lipinski definition) is 0. The number of benzene rings is 1. The van der Waals surface area contributed by atoms with E-state index in [9.17, 15) is 14.0 Å². The van der Waals surface area contributed by atoms with Gasteiger partial charge in [0.05, 0.1) is 12.3 Å². The topological polar surface area (TPSA) is 77.4 Å². The number of hydrogen-bond acceptors (Lipinski definition) is 5. The van der Waals surface area contributed by atoms with Gasteiger partial charge in [-0.1, -0.05) is 26.0 Å². The molecule has 1 aliphatic rings. The van der Waals surface area contributed by atoms with Crippen LogP contribution in [-0.2, 0) is 20.6 Å². The molecule has 0 bridgehead atoms. The molecule has 4 rings (SSSR count). The summed E-state index contributed by atoms with van der Waals surface area (Å²) in [6, 6.07) is 6.13. The van der Waals surface area contributed by atoms with Crippen molar-refractivity contribution in [2.24, 2.45) is 25.1 Å². The van der Waals surface area contributed by atoms with Gasteiger partial charge >= 0.3 is 5.69 Å². The third kappa shape index (κ3) is 3.16. The maximum atomic E-state index is 13.4. The standard InChI is InChI=1S/C20H23FN6O2/c1-12(2)9-10-27-19-22-17-16(18(28)25(4)20(29)24(17)3)26(19)11-15(23-27)13-5-7-14(21)8-6-13/h5-8,12H,9-11H2,1-4H3. The van der Waals surface area contributed by atoms with E-state index in [-0.39, 0.29) is 5.82 Å². The van der Waals surface area contributed by atoms with E-state index in [0.717, 1.165) is 16.6 Å². The average molecular weight is 398 g/mol. The third-order valence-corrected chi connectivity index (χ3v) is 5.20. The molecule has 0 unspecified atom stereocenters. The monoisotopic (exact) mass is 398 g/mol. The van der Waals surface area contributed by atoms with Crippen LogP contribution in [0.1, 0.15) is 25.8 Å². The first-order valence-electron chi connectivity index (χ1n) is 9.55. The zero-order chi connectivity index (χ0) is 20.9. The Hall–Kier alpha value is -3.23. The lowest BCUT2D eigenvalue weighted by molar-refractivity contribution is 0.565. The predicted molar refractivity (Wildman–Crippen MR) is 110 cm³/mol. The van der Waals surface area contributed by atoms with E-state index in [1.807, 2.05) is 0 Å². The van der Waals surface area contributed by atoms with E-state index in [1.54, 1.807) is 28.8 Å². The number of aryl methyl sites for hydroxylation is 1. The Kier molecular flexibility index (Phi) is 4.60. The molecule has 29 heavy (non-hydrogen) atoms. The summed E-state index contributed by atoms with van der Waals surface area (Å²) < 4.78 is 17.6. The average Bonchev–Trinajstić information content (AvgIpc) is 3.09. The van der Waals surface area contributed by atoms with E-state index in [2.05, 4.69) is 18.8 Å². The van der Waals surface area contributed by atoms with Gasteiger partial charge in [0.25, 0.3) is 5.56 Å². The molecule has 0 saturated carbocycles. The van der Waals surface area contributed by atoms with E-state index in [4.69, 9.17) is 5.10 Å². The van der Waals surface area contributed by atoms with Crippen molar-refractivity contribution in [3.63, 3.8) is 0 Å². The summed E-state index contributed by atoms with van der Waals surface area (Å²) in [5.41, 5.74) is 1.34. The number of anilines is 1. The lowest BCUT2D eigenvalue weighted by Gasteiger charge is -2.26. The molecule has 0 fully saturated rings. The van der Waals surface area contributed by atoms with Crippen LogP contribution in [0.15, 0.2) is 39.0 Å². The summed E-state index contributed by atoms with van der Waals surface area (Å²) in [6.07, 6.45) is 0.875. The molecule has 0 aliphatic carbocycles. The number of halogens is 1. The maximum absolute atomic E-state index is 13.4. The molecular formula is C20H23FN6O2. The van der Waals surface area contributed by atoms with Gasteiger partial charge < -0.3 is 0 Å². The predicted octanol–water partition coefficient (Wildman–Crippen LogP) is 1.84. The zero-order valence-corrected chi connectivity index (χ0v) is 16.9. The van der Waals surface area contributed by atoms with Crippen molar-refractivity contribution >= 4 is 22.8 Å². The molecule has 1 aliphatic heterocycles. The number of hydrazone groups is 1. The summed E-state index contributed by atoms with van der Waals surface area (Å²) in [7, 11) is 3.06. The van der Waals surface area contributed by atoms with E-state index in [1.165, 1.54) is 23.7 Å².